The highest BCUT2D eigenvalue weighted by Crippen LogP contribution is 2.31. The minimum atomic E-state index is -4.69. The number of pyridine rings is 1. The SMILES string of the molecule is Cc1c(N2CCN(S(=O)(=O)c3cccnc3)CC2)nn2c(C(F)(F)F)nnc2c1C. The Balaban J connectivity index is 1.63. The van der Waals surface area contributed by atoms with Crippen molar-refractivity contribution in [3.63, 3.8) is 0 Å². The molecule has 0 N–H and O–H groups in total. The standard InChI is InChI=1S/C17H18F3N7O2S/c1-11-12(2)15(24-27-14(11)22-23-16(27)17(18,19)20)25-6-8-26(9-7-25)30(28,29)13-4-3-5-21-10-13/h3-5,10H,6-9H2,1-2H3. The van der Waals surface area contributed by atoms with Crippen molar-refractivity contribution in [3.05, 3.63) is 41.5 Å². The van der Waals surface area contributed by atoms with Crippen molar-refractivity contribution < 1.29 is 21.6 Å². The van der Waals surface area contributed by atoms with Crippen molar-refractivity contribution in [1.82, 2.24) is 29.1 Å². The summed E-state index contributed by atoms with van der Waals surface area (Å²) in [5.41, 5.74) is 1.25. The number of anilines is 1. The van der Waals surface area contributed by atoms with Crippen LogP contribution in [0.25, 0.3) is 5.65 Å². The van der Waals surface area contributed by atoms with Crippen LogP contribution in [0.4, 0.5) is 19.0 Å². The van der Waals surface area contributed by atoms with E-state index in [4.69, 9.17) is 0 Å². The van der Waals surface area contributed by atoms with Gasteiger partial charge in [-0.25, -0.2) is 8.42 Å². The van der Waals surface area contributed by atoms with Gasteiger partial charge < -0.3 is 4.90 Å². The maximum Gasteiger partial charge on any atom is 0.453 e. The minimum Gasteiger partial charge on any atom is -0.352 e. The number of nitrogens with zero attached hydrogens (tertiary/aromatic N) is 7. The van der Waals surface area contributed by atoms with Crippen molar-refractivity contribution in [3.8, 4) is 0 Å². The molecule has 1 fully saturated rings. The number of aromatic nitrogens is 5. The number of hydrogen-bond donors (Lipinski definition) is 0. The molecule has 0 atom stereocenters. The Bertz CT molecular complexity index is 1190. The molecule has 0 spiro atoms. The average Bonchev–Trinajstić information content (AvgIpc) is 3.16. The Morgan fingerprint density at radius 1 is 1.03 bits per heavy atom. The zero-order valence-corrected chi connectivity index (χ0v) is 16.9. The fourth-order valence-corrected chi connectivity index (χ4v) is 4.77. The Hall–Kier alpha value is -2.80. The second-order valence-corrected chi connectivity index (χ2v) is 8.85. The Morgan fingerprint density at radius 3 is 2.33 bits per heavy atom. The van der Waals surface area contributed by atoms with E-state index in [9.17, 15) is 21.6 Å². The molecule has 0 amide bonds. The van der Waals surface area contributed by atoms with Crippen LogP contribution in [0.15, 0.2) is 29.4 Å². The van der Waals surface area contributed by atoms with Gasteiger partial charge in [0.25, 0.3) is 5.82 Å². The third kappa shape index (κ3) is 3.37. The smallest absolute Gasteiger partial charge is 0.352 e. The third-order valence-electron chi connectivity index (χ3n) is 5.13. The number of rotatable bonds is 3. The first-order chi connectivity index (χ1) is 14.1. The molecule has 4 heterocycles. The number of hydrogen-bond acceptors (Lipinski definition) is 7. The van der Waals surface area contributed by atoms with Gasteiger partial charge in [-0.3, -0.25) is 4.98 Å². The zero-order chi connectivity index (χ0) is 21.7. The summed E-state index contributed by atoms with van der Waals surface area (Å²) < 4.78 is 67.3. The molecule has 0 unspecified atom stereocenters. The second-order valence-electron chi connectivity index (χ2n) is 6.91. The summed E-state index contributed by atoms with van der Waals surface area (Å²) in [5.74, 6) is -0.844. The maximum absolute atomic E-state index is 13.2. The van der Waals surface area contributed by atoms with E-state index in [1.165, 1.54) is 22.8 Å². The fourth-order valence-electron chi connectivity index (χ4n) is 3.38. The molecule has 13 heteroatoms. The summed E-state index contributed by atoms with van der Waals surface area (Å²) in [4.78, 5) is 5.73. The lowest BCUT2D eigenvalue weighted by atomic mass is 10.1. The van der Waals surface area contributed by atoms with Gasteiger partial charge >= 0.3 is 6.18 Å². The molecular formula is C17H18F3N7O2S. The molecule has 9 nitrogen and oxygen atoms in total. The number of sulfonamides is 1. The minimum absolute atomic E-state index is 0.0429. The van der Waals surface area contributed by atoms with Crippen LogP contribution in [0, 0.1) is 13.8 Å². The number of alkyl halides is 3. The summed E-state index contributed by atoms with van der Waals surface area (Å²) in [5, 5.41) is 11.0. The highest BCUT2D eigenvalue weighted by atomic mass is 32.2. The summed E-state index contributed by atoms with van der Waals surface area (Å²) in [7, 11) is -3.69. The van der Waals surface area contributed by atoms with Crippen LogP contribution in [-0.2, 0) is 16.2 Å². The van der Waals surface area contributed by atoms with Gasteiger partial charge in [0.2, 0.25) is 10.0 Å². The lowest BCUT2D eigenvalue weighted by molar-refractivity contribution is -0.146. The summed E-state index contributed by atoms with van der Waals surface area (Å²) >= 11 is 0. The highest BCUT2D eigenvalue weighted by molar-refractivity contribution is 7.89. The van der Waals surface area contributed by atoms with E-state index < -0.39 is 22.0 Å². The van der Waals surface area contributed by atoms with Gasteiger partial charge in [-0.2, -0.15) is 22.0 Å². The van der Waals surface area contributed by atoms with Crippen LogP contribution in [-0.4, -0.2) is 63.7 Å². The first-order valence-corrected chi connectivity index (χ1v) is 10.5. The molecule has 160 valence electrons. The molecule has 3 aromatic rings. The normalized spacial score (nSPS) is 16.4. The third-order valence-corrected chi connectivity index (χ3v) is 7.01. The van der Waals surface area contributed by atoms with Crippen molar-refractivity contribution in [1.29, 1.82) is 0 Å². The van der Waals surface area contributed by atoms with Crippen molar-refractivity contribution in [2.75, 3.05) is 31.1 Å². The topological polar surface area (TPSA) is 96.6 Å². The first kappa shape index (κ1) is 20.5. The largest absolute Gasteiger partial charge is 0.453 e. The molecule has 0 aromatic carbocycles. The monoisotopic (exact) mass is 441 g/mol. The quantitative estimate of drug-likeness (QED) is 0.610. The predicted molar refractivity (Wildman–Crippen MR) is 100 cm³/mol. The van der Waals surface area contributed by atoms with Crippen LogP contribution < -0.4 is 4.90 Å². The van der Waals surface area contributed by atoms with Crippen molar-refractivity contribution in [2.24, 2.45) is 0 Å². The molecule has 30 heavy (non-hydrogen) atoms. The lowest BCUT2D eigenvalue weighted by Crippen LogP contribution is -2.49. The van der Waals surface area contributed by atoms with Gasteiger partial charge in [-0.05, 0) is 26.0 Å². The highest BCUT2D eigenvalue weighted by Gasteiger charge is 2.38. The number of aryl methyl sites for hydroxylation is 1. The Kier molecular flexibility index (Phi) is 4.89. The lowest BCUT2D eigenvalue weighted by Gasteiger charge is -2.35. The van der Waals surface area contributed by atoms with Gasteiger partial charge in [0.1, 0.15) is 4.90 Å². The van der Waals surface area contributed by atoms with Crippen LogP contribution in [0.2, 0.25) is 0 Å². The van der Waals surface area contributed by atoms with Crippen molar-refractivity contribution in [2.45, 2.75) is 24.9 Å². The molecule has 0 bridgehead atoms. The zero-order valence-electron chi connectivity index (χ0n) is 16.1. The van der Waals surface area contributed by atoms with Gasteiger partial charge in [-0.15, -0.1) is 15.3 Å². The van der Waals surface area contributed by atoms with E-state index >= 15 is 0 Å². The molecule has 0 saturated carbocycles. The molecule has 1 saturated heterocycles. The fraction of sp³-hybridized carbons (Fsp3) is 0.412. The predicted octanol–water partition coefficient (Wildman–Crippen LogP) is 1.67. The van der Waals surface area contributed by atoms with E-state index in [-0.39, 0.29) is 36.7 Å². The van der Waals surface area contributed by atoms with Crippen molar-refractivity contribution >= 4 is 21.5 Å². The van der Waals surface area contributed by atoms with Crippen LogP contribution in [0.3, 0.4) is 0 Å². The Labute approximate surface area is 170 Å². The van der Waals surface area contributed by atoms with Gasteiger partial charge in [0.15, 0.2) is 11.5 Å². The van der Waals surface area contributed by atoms with E-state index in [2.05, 4.69) is 20.3 Å². The summed E-state index contributed by atoms with van der Waals surface area (Å²) in [6.45, 7) is 4.31. The van der Waals surface area contributed by atoms with Gasteiger partial charge in [-0.1, -0.05) is 0 Å². The summed E-state index contributed by atoms with van der Waals surface area (Å²) in [6.07, 6.45) is -1.92. The van der Waals surface area contributed by atoms with E-state index in [1.54, 1.807) is 24.8 Å². The molecule has 0 radical (unpaired) electrons. The molecule has 1 aliphatic heterocycles. The van der Waals surface area contributed by atoms with E-state index in [1.807, 2.05) is 0 Å². The molecule has 0 aliphatic carbocycles. The molecule has 3 aromatic heterocycles. The van der Waals surface area contributed by atoms with Gasteiger partial charge in [0, 0.05) is 49.7 Å². The van der Waals surface area contributed by atoms with Crippen LogP contribution in [0.1, 0.15) is 17.0 Å². The maximum atomic E-state index is 13.2. The molecule has 4 rings (SSSR count). The number of halogens is 3. The van der Waals surface area contributed by atoms with Crippen LogP contribution in [0.5, 0.6) is 0 Å². The summed E-state index contributed by atoms with van der Waals surface area (Å²) in [6, 6.07) is 3.02. The van der Waals surface area contributed by atoms with E-state index in [0.29, 0.717) is 21.5 Å². The first-order valence-electron chi connectivity index (χ1n) is 9.05. The second kappa shape index (κ2) is 7.16. The molecule has 1 aliphatic rings. The average molecular weight is 441 g/mol. The number of piperazine rings is 1. The van der Waals surface area contributed by atoms with E-state index in [0.717, 1.165) is 0 Å². The van der Waals surface area contributed by atoms with Gasteiger partial charge in [0.05, 0.1) is 0 Å². The molecular weight excluding hydrogens is 423 g/mol. The Morgan fingerprint density at radius 2 is 1.73 bits per heavy atom. The van der Waals surface area contributed by atoms with Crippen LogP contribution >= 0.6 is 0 Å². The number of fused-ring (bicyclic) bond motifs is 1.